The van der Waals surface area contributed by atoms with Crippen LogP contribution < -0.4 is 16.4 Å². The predicted molar refractivity (Wildman–Crippen MR) is 66.8 cm³/mol. The minimum absolute atomic E-state index is 0.0439. The van der Waals surface area contributed by atoms with Crippen LogP contribution in [-0.4, -0.2) is 69.3 Å². The molecule has 6 nitrogen and oxygen atoms in total. The Hall–Kier alpha value is -0.690. The van der Waals surface area contributed by atoms with Crippen molar-refractivity contribution >= 4 is 5.91 Å². The van der Waals surface area contributed by atoms with Crippen molar-refractivity contribution in [2.45, 2.75) is 19.0 Å². The van der Waals surface area contributed by atoms with Crippen LogP contribution in [-0.2, 0) is 9.53 Å². The average molecular weight is 244 g/mol. The van der Waals surface area contributed by atoms with E-state index in [-0.39, 0.29) is 18.0 Å². The summed E-state index contributed by atoms with van der Waals surface area (Å²) < 4.78 is 4.90. The number of nitrogens with one attached hydrogen (secondary N) is 2. The molecule has 1 heterocycles. The van der Waals surface area contributed by atoms with Crippen LogP contribution in [0.3, 0.4) is 0 Å². The maximum atomic E-state index is 11.9. The Kier molecular flexibility index (Phi) is 6.43. The molecule has 4 N–H and O–H groups in total. The van der Waals surface area contributed by atoms with E-state index in [1.54, 1.807) is 7.11 Å². The standard InChI is InChI=1S/C11H24N4O2/c1-9(11(16)14-4-6-17-2)15-5-3-13-8-10(15)7-12/h9-10,13H,3-8,12H2,1-2H3,(H,14,16). The van der Waals surface area contributed by atoms with Gasteiger partial charge in [-0.1, -0.05) is 0 Å². The van der Waals surface area contributed by atoms with Gasteiger partial charge in [-0.05, 0) is 6.92 Å². The van der Waals surface area contributed by atoms with Crippen molar-refractivity contribution < 1.29 is 9.53 Å². The monoisotopic (exact) mass is 244 g/mol. The number of methoxy groups -OCH3 is 1. The van der Waals surface area contributed by atoms with E-state index in [1.165, 1.54) is 0 Å². The number of rotatable bonds is 6. The molecule has 1 aliphatic rings. The third-order valence-electron chi connectivity index (χ3n) is 3.15. The van der Waals surface area contributed by atoms with Crippen LogP contribution >= 0.6 is 0 Å². The number of amides is 1. The highest BCUT2D eigenvalue weighted by Gasteiger charge is 2.28. The normalized spacial score (nSPS) is 23.4. The zero-order valence-electron chi connectivity index (χ0n) is 10.7. The van der Waals surface area contributed by atoms with Crippen LogP contribution in [0.1, 0.15) is 6.92 Å². The van der Waals surface area contributed by atoms with Gasteiger partial charge in [0, 0.05) is 45.9 Å². The van der Waals surface area contributed by atoms with E-state index in [4.69, 9.17) is 10.5 Å². The summed E-state index contributed by atoms with van der Waals surface area (Å²) in [5, 5.41) is 6.15. The van der Waals surface area contributed by atoms with Crippen LogP contribution in [0.4, 0.5) is 0 Å². The van der Waals surface area contributed by atoms with E-state index in [0.29, 0.717) is 19.7 Å². The van der Waals surface area contributed by atoms with Crippen molar-refractivity contribution in [1.29, 1.82) is 0 Å². The molecule has 0 aliphatic carbocycles. The average Bonchev–Trinajstić information content (AvgIpc) is 2.38. The van der Waals surface area contributed by atoms with Gasteiger partial charge in [0.15, 0.2) is 0 Å². The first-order valence-electron chi connectivity index (χ1n) is 6.14. The molecule has 1 saturated heterocycles. The Bertz CT molecular complexity index is 238. The van der Waals surface area contributed by atoms with Crippen molar-refractivity contribution in [3.05, 3.63) is 0 Å². The summed E-state index contributed by atoms with van der Waals surface area (Å²) in [5.74, 6) is 0.0439. The molecule has 1 rings (SSSR count). The fourth-order valence-corrected chi connectivity index (χ4v) is 2.08. The summed E-state index contributed by atoms with van der Waals surface area (Å²) in [6, 6.07) is 0.106. The topological polar surface area (TPSA) is 79.6 Å². The molecule has 2 atom stereocenters. The van der Waals surface area contributed by atoms with Gasteiger partial charge in [0.25, 0.3) is 0 Å². The summed E-state index contributed by atoms with van der Waals surface area (Å²) in [4.78, 5) is 14.1. The van der Waals surface area contributed by atoms with Crippen LogP contribution in [0.2, 0.25) is 0 Å². The molecule has 0 aromatic heterocycles. The molecule has 0 spiro atoms. The molecule has 100 valence electrons. The van der Waals surface area contributed by atoms with E-state index < -0.39 is 0 Å². The lowest BCUT2D eigenvalue weighted by Gasteiger charge is -2.38. The van der Waals surface area contributed by atoms with Gasteiger partial charge < -0.3 is 21.1 Å². The molecular weight excluding hydrogens is 220 g/mol. The molecule has 1 amide bonds. The molecule has 0 radical (unpaired) electrons. The third kappa shape index (κ3) is 4.23. The van der Waals surface area contributed by atoms with Crippen LogP contribution in [0, 0.1) is 0 Å². The van der Waals surface area contributed by atoms with Gasteiger partial charge in [-0.25, -0.2) is 0 Å². The van der Waals surface area contributed by atoms with Crippen molar-refractivity contribution in [2.24, 2.45) is 5.73 Å². The summed E-state index contributed by atoms with van der Waals surface area (Å²) >= 11 is 0. The second-order valence-electron chi connectivity index (χ2n) is 4.29. The molecule has 6 heteroatoms. The SMILES string of the molecule is COCCNC(=O)C(C)N1CCNCC1CN. The fourth-order valence-electron chi connectivity index (χ4n) is 2.08. The number of ether oxygens (including phenoxy) is 1. The highest BCUT2D eigenvalue weighted by molar-refractivity contribution is 5.81. The lowest BCUT2D eigenvalue weighted by Crippen LogP contribution is -2.60. The van der Waals surface area contributed by atoms with Gasteiger partial charge in [-0.3, -0.25) is 9.69 Å². The zero-order chi connectivity index (χ0) is 12.7. The summed E-state index contributed by atoms with van der Waals surface area (Å²) in [7, 11) is 1.62. The number of nitrogens with two attached hydrogens (primary N) is 1. The number of carbonyl (C=O) groups is 1. The fraction of sp³-hybridized carbons (Fsp3) is 0.909. The second kappa shape index (κ2) is 7.60. The van der Waals surface area contributed by atoms with Gasteiger partial charge in [-0.15, -0.1) is 0 Å². The van der Waals surface area contributed by atoms with Gasteiger partial charge in [-0.2, -0.15) is 0 Å². The maximum Gasteiger partial charge on any atom is 0.237 e. The number of nitrogens with zero attached hydrogens (tertiary/aromatic N) is 1. The Morgan fingerprint density at radius 1 is 1.71 bits per heavy atom. The molecule has 0 aromatic rings. The number of hydrogen-bond donors (Lipinski definition) is 3. The van der Waals surface area contributed by atoms with Crippen LogP contribution in [0.15, 0.2) is 0 Å². The van der Waals surface area contributed by atoms with Crippen molar-refractivity contribution in [3.8, 4) is 0 Å². The number of piperazine rings is 1. The summed E-state index contributed by atoms with van der Waals surface area (Å²) in [6.45, 7) is 6.22. The van der Waals surface area contributed by atoms with Crippen LogP contribution in [0.5, 0.6) is 0 Å². The first-order valence-corrected chi connectivity index (χ1v) is 6.14. The lowest BCUT2D eigenvalue weighted by atomic mass is 10.1. The van der Waals surface area contributed by atoms with E-state index in [1.807, 2.05) is 6.92 Å². The Balaban J connectivity index is 2.42. The minimum atomic E-state index is -0.137. The molecular formula is C11H24N4O2. The smallest absolute Gasteiger partial charge is 0.237 e. The second-order valence-corrected chi connectivity index (χ2v) is 4.29. The molecule has 1 aliphatic heterocycles. The molecule has 0 bridgehead atoms. The van der Waals surface area contributed by atoms with Crippen molar-refractivity contribution in [1.82, 2.24) is 15.5 Å². The minimum Gasteiger partial charge on any atom is -0.383 e. The van der Waals surface area contributed by atoms with Gasteiger partial charge in [0.2, 0.25) is 5.91 Å². The van der Waals surface area contributed by atoms with Gasteiger partial charge >= 0.3 is 0 Å². The highest BCUT2D eigenvalue weighted by atomic mass is 16.5. The van der Waals surface area contributed by atoms with E-state index in [0.717, 1.165) is 19.6 Å². The molecule has 1 fully saturated rings. The molecule has 0 aromatic carbocycles. The first kappa shape index (κ1) is 14.4. The Morgan fingerprint density at radius 3 is 3.12 bits per heavy atom. The largest absolute Gasteiger partial charge is 0.383 e. The maximum absolute atomic E-state index is 11.9. The Labute approximate surface area is 103 Å². The quantitative estimate of drug-likeness (QED) is 0.489. The van der Waals surface area contributed by atoms with E-state index in [9.17, 15) is 4.79 Å². The van der Waals surface area contributed by atoms with E-state index >= 15 is 0 Å². The van der Waals surface area contributed by atoms with Gasteiger partial charge in [0.1, 0.15) is 0 Å². The number of carbonyl (C=O) groups excluding carboxylic acids is 1. The Morgan fingerprint density at radius 2 is 2.47 bits per heavy atom. The molecule has 2 unspecified atom stereocenters. The van der Waals surface area contributed by atoms with Crippen molar-refractivity contribution in [2.75, 3.05) is 46.4 Å². The predicted octanol–water partition coefficient (Wildman–Crippen LogP) is -1.63. The number of hydrogen-bond acceptors (Lipinski definition) is 5. The van der Waals surface area contributed by atoms with Gasteiger partial charge in [0.05, 0.1) is 12.6 Å². The van der Waals surface area contributed by atoms with E-state index in [2.05, 4.69) is 15.5 Å². The summed E-state index contributed by atoms with van der Waals surface area (Å²) in [6.07, 6.45) is 0. The van der Waals surface area contributed by atoms with Crippen LogP contribution in [0.25, 0.3) is 0 Å². The summed E-state index contributed by atoms with van der Waals surface area (Å²) in [5.41, 5.74) is 5.72. The lowest BCUT2D eigenvalue weighted by molar-refractivity contribution is -0.127. The first-order chi connectivity index (χ1) is 8.20. The molecule has 17 heavy (non-hydrogen) atoms. The third-order valence-corrected chi connectivity index (χ3v) is 3.15. The van der Waals surface area contributed by atoms with Crippen molar-refractivity contribution in [3.63, 3.8) is 0 Å². The highest BCUT2D eigenvalue weighted by Crippen LogP contribution is 2.07. The molecule has 0 saturated carbocycles. The zero-order valence-corrected chi connectivity index (χ0v) is 10.7.